The van der Waals surface area contributed by atoms with Gasteiger partial charge in [0.2, 0.25) is 0 Å². The predicted octanol–water partition coefficient (Wildman–Crippen LogP) is 1.48. The van der Waals surface area contributed by atoms with Gasteiger partial charge in [-0.05, 0) is 22.9 Å². The van der Waals surface area contributed by atoms with E-state index in [9.17, 15) is 4.79 Å². The van der Waals surface area contributed by atoms with Gasteiger partial charge in [0.1, 0.15) is 6.33 Å². The van der Waals surface area contributed by atoms with Crippen LogP contribution >= 0.6 is 0 Å². The van der Waals surface area contributed by atoms with Gasteiger partial charge in [0, 0.05) is 12.7 Å². The van der Waals surface area contributed by atoms with Crippen LogP contribution in [0.1, 0.15) is 16.2 Å². The van der Waals surface area contributed by atoms with Gasteiger partial charge in [0.15, 0.2) is 5.82 Å². The summed E-state index contributed by atoms with van der Waals surface area (Å²) in [6.45, 7) is 0.307. The molecule has 0 unspecified atom stereocenters. The molecule has 0 atom stereocenters. The smallest absolute Gasteiger partial charge is 0.253 e. The summed E-state index contributed by atoms with van der Waals surface area (Å²) in [7, 11) is 1.83. The number of benzene rings is 2. The Hall–Kier alpha value is -2.89. The molecule has 0 spiro atoms. The lowest BCUT2D eigenvalue weighted by atomic mass is 10.0. The van der Waals surface area contributed by atoms with Crippen molar-refractivity contribution >= 4 is 22.4 Å². The highest BCUT2D eigenvalue weighted by atomic mass is 16.1. The number of hydrogen-bond donors (Lipinski definition) is 2. The maximum Gasteiger partial charge on any atom is 0.253 e. The Morgan fingerprint density at radius 2 is 2.00 bits per heavy atom. The molecule has 0 aliphatic heterocycles. The van der Waals surface area contributed by atoms with E-state index in [0.717, 1.165) is 10.8 Å². The van der Waals surface area contributed by atoms with Crippen molar-refractivity contribution in [3.63, 3.8) is 0 Å². The maximum absolute atomic E-state index is 12.3. The van der Waals surface area contributed by atoms with E-state index in [1.54, 1.807) is 17.0 Å². The van der Waals surface area contributed by atoms with Crippen LogP contribution in [0.15, 0.2) is 42.7 Å². The van der Waals surface area contributed by atoms with Crippen molar-refractivity contribution < 1.29 is 4.79 Å². The van der Waals surface area contributed by atoms with E-state index in [-0.39, 0.29) is 5.91 Å². The second-order valence-electron chi connectivity index (χ2n) is 4.83. The number of fused-ring (bicyclic) bond motifs is 1. The molecule has 3 rings (SSSR count). The Labute approximate surface area is 121 Å². The van der Waals surface area contributed by atoms with Gasteiger partial charge in [-0.1, -0.05) is 24.3 Å². The molecular formula is C15H15N5O. The van der Waals surface area contributed by atoms with Crippen molar-refractivity contribution in [1.82, 2.24) is 20.1 Å². The first-order chi connectivity index (χ1) is 10.1. The Balaban J connectivity index is 1.84. The number of nitrogens with zero attached hydrogens (tertiary/aromatic N) is 3. The SMILES string of the molecule is Cn1cnnc1CNC(=O)c1cc2ccccc2cc1N. The van der Waals surface area contributed by atoms with Gasteiger partial charge < -0.3 is 15.6 Å². The summed E-state index contributed by atoms with van der Waals surface area (Å²) in [6, 6.07) is 11.4. The van der Waals surface area contributed by atoms with Crippen molar-refractivity contribution in [2.75, 3.05) is 5.73 Å². The largest absolute Gasteiger partial charge is 0.398 e. The monoisotopic (exact) mass is 281 g/mol. The molecule has 0 saturated heterocycles. The second-order valence-corrected chi connectivity index (χ2v) is 4.83. The minimum absolute atomic E-state index is 0.221. The first kappa shape index (κ1) is 13.1. The zero-order valence-corrected chi connectivity index (χ0v) is 11.6. The van der Waals surface area contributed by atoms with Crippen LogP contribution in [-0.4, -0.2) is 20.7 Å². The molecule has 0 fully saturated rings. The van der Waals surface area contributed by atoms with Crippen LogP contribution in [0, 0.1) is 0 Å². The molecule has 0 radical (unpaired) electrons. The molecule has 0 bridgehead atoms. The van der Waals surface area contributed by atoms with Crippen LogP contribution < -0.4 is 11.1 Å². The van der Waals surface area contributed by atoms with Crippen LogP contribution in [0.25, 0.3) is 10.8 Å². The highest BCUT2D eigenvalue weighted by Gasteiger charge is 2.12. The van der Waals surface area contributed by atoms with Crippen molar-refractivity contribution in [2.45, 2.75) is 6.54 Å². The number of aromatic nitrogens is 3. The number of rotatable bonds is 3. The van der Waals surface area contributed by atoms with Gasteiger partial charge >= 0.3 is 0 Å². The average molecular weight is 281 g/mol. The summed E-state index contributed by atoms with van der Waals surface area (Å²) in [5.74, 6) is 0.462. The van der Waals surface area contributed by atoms with Gasteiger partial charge in [0.05, 0.1) is 12.1 Å². The van der Waals surface area contributed by atoms with Crippen LogP contribution in [0.2, 0.25) is 0 Å². The summed E-state index contributed by atoms with van der Waals surface area (Å²) in [6.07, 6.45) is 1.59. The Morgan fingerprint density at radius 3 is 2.67 bits per heavy atom. The number of aryl methyl sites for hydroxylation is 1. The average Bonchev–Trinajstić information content (AvgIpc) is 2.89. The number of hydrogen-bond acceptors (Lipinski definition) is 4. The molecule has 1 aromatic heterocycles. The van der Waals surface area contributed by atoms with Gasteiger partial charge in [0.25, 0.3) is 5.91 Å². The van der Waals surface area contributed by atoms with Gasteiger partial charge in [-0.2, -0.15) is 0 Å². The highest BCUT2D eigenvalue weighted by molar-refractivity contribution is 6.03. The summed E-state index contributed by atoms with van der Waals surface area (Å²) in [4.78, 5) is 12.3. The Morgan fingerprint density at radius 1 is 1.29 bits per heavy atom. The first-order valence-electron chi connectivity index (χ1n) is 6.54. The van der Waals surface area contributed by atoms with Crippen LogP contribution in [0.3, 0.4) is 0 Å². The Kier molecular flexibility index (Phi) is 3.27. The summed E-state index contributed by atoms with van der Waals surface area (Å²) >= 11 is 0. The molecule has 0 saturated carbocycles. The van der Waals surface area contributed by atoms with Crippen LogP contribution in [0.5, 0.6) is 0 Å². The van der Waals surface area contributed by atoms with Gasteiger partial charge in [-0.15, -0.1) is 10.2 Å². The fraction of sp³-hybridized carbons (Fsp3) is 0.133. The molecule has 6 nitrogen and oxygen atoms in total. The fourth-order valence-corrected chi connectivity index (χ4v) is 2.18. The summed E-state index contributed by atoms with van der Waals surface area (Å²) < 4.78 is 1.75. The number of carbonyl (C=O) groups excluding carboxylic acids is 1. The molecule has 6 heteroatoms. The molecule has 1 heterocycles. The Bertz CT molecular complexity index is 809. The standard InChI is InChI=1S/C15H15N5O/c1-20-9-18-19-14(20)8-17-15(21)12-6-10-4-2-3-5-11(10)7-13(12)16/h2-7,9H,8,16H2,1H3,(H,17,21). The molecule has 106 valence electrons. The normalized spacial score (nSPS) is 10.7. The van der Waals surface area contributed by atoms with Crippen molar-refractivity contribution in [1.29, 1.82) is 0 Å². The number of nitrogens with one attached hydrogen (secondary N) is 1. The lowest BCUT2D eigenvalue weighted by Gasteiger charge is -2.09. The minimum Gasteiger partial charge on any atom is -0.398 e. The van der Waals surface area contributed by atoms with Crippen LogP contribution in [0.4, 0.5) is 5.69 Å². The number of amides is 1. The van der Waals surface area contributed by atoms with E-state index in [4.69, 9.17) is 5.73 Å². The zero-order chi connectivity index (χ0) is 14.8. The number of nitrogen functional groups attached to an aromatic ring is 1. The number of anilines is 1. The van der Waals surface area contributed by atoms with E-state index in [1.165, 1.54) is 0 Å². The fourth-order valence-electron chi connectivity index (χ4n) is 2.18. The topological polar surface area (TPSA) is 85.8 Å². The van der Waals surface area contributed by atoms with Crippen molar-refractivity contribution in [3.8, 4) is 0 Å². The first-order valence-corrected chi connectivity index (χ1v) is 6.54. The lowest BCUT2D eigenvalue weighted by Crippen LogP contribution is -2.25. The third-order valence-electron chi connectivity index (χ3n) is 3.37. The van der Waals surface area contributed by atoms with E-state index in [0.29, 0.717) is 23.6 Å². The summed E-state index contributed by atoms with van der Waals surface area (Å²) in [5, 5.41) is 12.5. The van der Waals surface area contributed by atoms with Crippen molar-refractivity contribution in [2.24, 2.45) is 7.05 Å². The third kappa shape index (κ3) is 2.55. The number of nitrogens with two attached hydrogens (primary N) is 1. The highest BCUT2D eigenvalue weighted by Crippen LogP contribution is 2.21. The molecule has 3 aromatic rings. The molecular weight excluding hydrogens is 266 g/mol. The van der Waals surface area contributed by atoms with E-state index >= 15 is 0 Å². The lowest BCUT2D eigenvalue weighted by molar-refractivity contribution is 0.0950. The van der Waals surface area contributed by atoms with E-state index < -0.39 is 0 Å². The molecule has 0 aliphatic carbocycles. The zero-order valence-electron chi connectivity index (χ0n) is 11.6. The molecule has 0 aliphatic rings. The second kappa shape index (κ2) is 5.24. The van der Waals surface area contributed by atoms with E-state index in [2.05, 4.69) is 15.5 Å². The maximum atomic E-state index is 12.3. The van der Waals surface area contributed by atoms with Crippen molar-refractivity contribution in [3.05, 3.63) is 54.1 Å². The van der Waals surface area contributed by atoms with E-state index in [1.807, 2.05) is 37.4 Å². The molecule has 21 heavy (non-hydrogen) atoms. The predicted molar refractivity (Wildman–Crippen MR) is 80.5 cm³/mol. The molecule has 1 amide bonds. The van der Waals surface area contributed by atoms with Gasteiger partial charge in [-0.25, -0.2) is 0 Å². The third-order valence-corrected chi connectivity index (χ3v) is 3.37. The molecule has 2 aromatic carbocycles. The minimum atomic E-state index is -0.221. The van der Waals surface area contributed by atoms with Gasteiger partial charge in [-0.3, -0.25) is 4.79 Å². The van der Waals surface area contributed by atoms with Crippen LogP contribution in [-0.2, 0) is 13.6 Å². The quantitative estimate of drug-likeness (QED) is 0.712. The number of carbonyl (C=O) groups is 1. The summed E-state index contributed by atoms with van der Waals surface area (Å²) in [5.41, 5.74) is 6.90. The molecule has 3 N–H and O–H groups in total.